The van der Waals surface area contributed by atoms with Crippen LogP contribution in [0.1, 0.15) is 11.1 Å². The number of anilines is 1. The van der Waals surface area contributed by atoms with Crippen LogP contribution in [0.25, 0.3) is 0 Å². The average Bonchev–Trinajstić information content (AvgIpc) is 2.41. The molecule has 2 aromatic rings. The van der Waals surface area contributed by atoms with E-state index in [1.807, 2.05) is 55.5 Å². The Kier molecular flexibility index (Phi) is 5.09. The average molecular weight is 304 g/mol. The van der Waals surface area contributed by atoms with Gasteiger partial charge in [-0.25, -0.2) is 0 Å². The number of thiocarbonyl (C=S) groups is 1. The van der Waals surface area contributed by atoms with Gasteiger partial charge in [-0.2, -0.15) is 5.10 Å². The second-order valence-electron chi connectivity index (χ2n) is 4.25. The predicted octanol–water partition coefficient (Wildman–Crippen LogP) is 3.97. The standard InChI is InChI=1S/C15H14ClN3S/c1-11-3-2-4-14(9-11)18-15(20)19-17-10-12-5-7-13(16)8-6-12/h2-10H,1H3,(H2,18,19,20)/b17-10-. The van der Waals surface area contributed by atoms with Gasteiger partial charge in [0.05, 0.1) is 6.21 Å². The van der Waals surface area contributed by atoms with Gasteiger partial charge < -0.3 is 5.32 Å². The largest absolute Gasteiger partial charge is 0.331 e. The van der Waals surface area contributed by atoms with Crippen LogP contribution in [0.5, 0.6) is 0 Å². The lowest BCUT2D eigenvalue weighted by Gasteiger charge is -2.07. The van der Waals surface area contributed by atoms with E-state index in [1.165, 1.54) is 5.56 Å². The fraction of sp³-hybridized carbons (Fsp3) is 0.0667. The Labute approximate surface area is 128 Å². The lowest BCUT2D eigenvalue weighted by molar-refractivity contribution is 1.05. The zero-order valence-corrected chi connectivity index (χ0v) is 12.5. The van der Waals surface area contributed by atoms with Gasteiger partial charge in [-0.15, -0.1) is 0 Å². The van der Waals surface area contributed by atoms with E-state index in [-0.39, 0.29) is 0 Å². The maximum Gasteiger partial charge on any atom is 0.191 e. The number of rotatable bonds is 3. The molecule has 0 atom stereocenters. The molecule has 0 saturated heterocycles. The van der Waals surface area contributed by atoms with Crippen molar-refractivity contribution in [3.8, 4) is 0 Å². The van der Waals surface area contributed by atoms with Gasteiger partial charge in [0.25, 0.3) is 0 Å². The molecule has 5 heteroatoms. The summed E-state index contributed by atoms with van der Waals surface area (Å²) in [6, 6.07) is 15.3. The smallest absolute Gasteiger partial charge is 0.191 e. The monoisotopic (exact) mass is 303 g/mol. The van der Waals surface area contributed by atoms with Crippen LogP contribution in [-0.2, 0) is 0 Å². The summed E-state index contributed by atoms with van der Waals surface area (Å²) in [5, 5.41) is 8.28. The van der Waals surface area contributed by atoms with Crippen LogP contribution in [0, 0.1) is 6.92 Å². The van der Waals surface area contributed by atoms with Crippen molar-refractivity contribution < 1.29 is 0 Å². The quantitative estimate of drug-likeness (QED) is 0.512. The molecule has 0 amide bonds. The molecule has 0 radical (unpaired) electrons. The molecule has 0 aromatic heterocycles. The highest BCUT2D eigenvalue weighted by atomic mass is 35.5. The molecule has 0 saturated carbocycles. The summed E-state index contributed by atoms with van der Waals surface area (Å²) in [6.45, 7) is 2.03. The molecule has 0 aliphatic rings. The van der Waals surface area contributed by atoms with Gasteiger partial charge in [-0.05, 0) is 54.5 Å². The second-order valence-corrected chi connectivity index (χ2v) is 5.09. The van der Waals surface area contributed by atoms with Gasteiger partial charge in [0.1, 0.15) is 0 Å². The third-order valence-electron chi connectivity index (χ3n) is 2.53. The van der Waals surface area contributed by atoms with E-state index in [0.717, 1.165) is 11.3 Å². The van der Waals surface area contributed by atoms with Crippen molar-refractivity contribution in [3.05, 3.63) is 64.7 Å². The van der Waals surface area contributed by atoms with Gasteiger partial charge in [-0.3, -0.25) is 5.43 Å². The Hall–Kier alpha value is -1.91. The third kappa shape index (κ3) is 4.64. The van der Waals surface area contributed by atoms with Crippen molar-refractivity contribution in [2.24, 2.45) is 5.10 Å². The van der Waals surface area contributed by atoms with E-state index in [2.05, 4.69) is 15.8 Å². The van der Waals surface area contributed by atoms with Gasteiger partial charge in [0.2, 0.25) is 0 Å². The summed E-state index contributed by atoms with van der Waals surface area (Å²) < 4.78 is 0. The molecule has 2 rings (SSSR count). The van der Waals surface area contributed by atoms with E-state index < -0.39 is 0 Å². The van der Waals surface area contributed by atoms with Crippen LogP contribution in [0.15, 0.2) is 53.6 Å². The Bertz CT molecular complexity index is 623. The van der Waals surface area contributed by atoms with E-state index in [9.17, 15) is 0 Å². The number of hydrazone groups is 1. The van der Waals surface area contributed by atoms with E-state index in [4.69, 9.17) is 23.8 Å². The molecule has 20 heavy (non-hydrogen) atoms. The van der Waals surface area contributed by atoms with Gasteiger partial charge in [0, 0.05) is 10.7 Å². The van der Waals surface area contributed by atoms with Crippen molar-refractivity contribution in [2.75, 3.05) is 5.32 Å². The highest BCUT2D eigenvalue weighted by molar-refractivity contribution is 7.80. The van der Waals surface area contributed by atoms with Crippen LogP contribution < -0.4 is 10.7 Å². The predicted molar refractivity (Wildman–Crippen MR) is 89.6 cm³/mol. The summed E-state index contributed by atoms with van der Waals surface area (Å²) in [6.07, 6.45) is 1.68. The number of halogens is 1. The number of hydrogen-bond acceptors (Lipinski definition) is 2. The number of nitrogens with zero attached hydrogens (tertiary/aromatic N) is 1. The number of nitrogens with one attached hydrogen (secondary N) is 2. The molecule has 2 aromatic carbocycles. The molecule has 2 N–H and O–H groups in total. The molecular formula is C15H14ClN3S. The van der Waals surface area contributed by atoms with Crippen molar-refractivity contribution in [1.29, 1.82) is 0 Å². The molecule has 0 heterocycles. The molecule has 0 aliphatic carbocycles. The Morgan fingerprint density at radius 2 is 1.95 bits per heavy atom. The van der Waals surface area contributed by atoms with E-state index >= 15 is 0 Å². The van der Waals surface area contributed by atoms with Crippen molar-refractivity contribution in [1.82, 2.24) is 5.43 Å². The highest BCUT2D eigenvalue weighted by Gasteiger charge is 1.96. The van der Waals surface area contributed by atoms with Gasteiger partial charge in [0.15, 0.2) is 5.11 Å². The van der Waals surface area contributed by atoms with Crippen LogP contribution in [0.4, 0.5) is 5.69 Å². The third-order valence-corrected chi connectivity index (χ3v) is 2.97. The molecule has 0 bridgehead atoms. The normalized spacial score (nSPS) is 10.5. The number of aryl methyl sites for hydroxylation is 1. The van der Waals surface area contributed by atoms with Crippen LogP contribution in [0.3, 0.4) is 0 Å². The first-order valence-electron chi connectivity index (χ1n) is 6.06. The van der Waals surface area contributed by atoms with Crippen molar-refractivity contribution in [2.45, 2.75) is 6.92 Å². The summed E-state index contributed by atoms with van der Waals surface area (Å²) in [7, 11) is 0. The van der Waals surface area contributed by atoms with E-state index in [1.54, 1.807) is 6.21 Å². The molecule has 0 unspecified atom stereocenters. The molecular weight excluding hydrogens is 290 g/mol. The van der Waals surface area contributed by atoms with Gasteiger partial charge in [-0.1, -0.05) is 35.9 Å². The lowest BCUT2D eigenvalue weighted by atomic mass is 10.2. The molecule has 3 nitrogen and oxygen atoms in total. The highest BCUT2D eigenvalue weighted by Crippen LogP contribution is 2.09. The Morgan fingerprint density at radius 1 is 1.20 bits per heavy atom. The Morgan fingerprint density at radius 3 is 2.65 bits per heavy atom. The fourth-order valence-corrected chi connectivity index (χ4v) is 1.89. The lowest BCUT2D eigenvalue weighted by Crippen LogP contribution is -2.23. The minimum atomic E-state index is 0.445. The zero-order chi connectivity index (χ0) is 14.4. The summed E-state index contributed by atoms with van der Waals surface area (Å²) in [5.74, 6) is 0. The first-order valence-corrected chi connectivity index (χ1v) is 6.84. The van der Waals surface area contributed by atoms with Crippen LogP contribution in [0.2, 0.25) is 5.02 Å². The fourth-order valence-electron chi connectivity index (χ4n) is 1.60. The summed E-state index contributed by atoms with van der Waals surface area (Å²) in [4.78, 5) is 0. The van der Waals surface area contributed by atoms with E-state index in [0.29, 0.717) is 10.1 Å². The van der Waals surface area contributed by atoms with Gasteiger partial charge >= 0.3 is 0 Å². The van der Waals surface area contributed by atoms with Crippen LogP contribution in [-0.4, -0.2) is 11.3 Å². The molecule has 102 valence electrons. The maximum absolute atomic E-state index is 5.81. The number of hydrogen-bond donors (Lipinski definition) is 2. The zero-order valence-electron chi connectivity index (χ0n) is 10.9. The summed E-state index contributed by atoms with van der Waals surface area (Å²) >= 11 is 11.0. The minimum absolute atomic E-state index is 0.445. The molecule has 0 aliphatic heterocycles. The maximum atomic E-state index is 5.81. The van der Waals surface area contributed by atoms with Crippen molar-refractivity contribution in [3.63, 3.8) is 0 Å². The minimum Gasteiger partial charge on any atom is -0.331 e. The Balaban J connectivity index is 1.87. The number of benzene rings is 2. The first-order chi connectivity index (χ1) is 9.63. The van der Waals surface area contributed by atoms with Crippen LogP contribution >= 0.6 is 23.8 Å². The molecule has 0 spiro atoms. The second kappa shape index (κ2) is 7.03. The summed E-state index contributed by atoms with van der Waals surface area (Å²) in [5.41, 5.74) is 5.82. The topological polar surface area (TPSA) is 36.4 Å². The van der Waals surface area contributed by atoms with Crippen molar-refractivity contribution >= 4 is 40.8 Å². The first kappa shape index (κ1) is 14.5. The molecule has 0 fully saturated rings. The SMILES string of the molecule is Cc1cccc(NC(=S)N/N=C\c2ccc(Cl)cc2)c1.